The van der Waals surface area contributed by atoms with Crippen LogP contribution in [0.5, 0.6) is 5.75 Å². The minimum Gasteiger partial charge on any atom is -0.491 e. The molecule has 2 fully saturated rings. The number of nitrogens with zero attached hydrogens (tertiary/aromatic N) is 2. The second-order valence-electron chi connectivity index (χ2n) is 6.93. The van der Waals surface area contributed by atoms with E-state index in [-0.39, 0.29) is 24.9 Å². The van der Waals surface area contributed by atoms with Crippen molar-refractivity contribution in [3.63, 3.8) is 0 Å². The Hall–Kier alpha value is -1.34. The average Bonchev–Trinajstić information content (AvgIpc) is 2.68. The van der Waals surface area contributed by atoms with Crippen LogP contribution >= 0.6 is 12.4 Å². The number of benzene rings is 1. The molecule has 1 unspecified atom stereocenters. The van der Waals surface area contributed by atoms with E-state index in [0.717, 1.165) is 57.9 Å². The number of hydrogen-bond acceptors (Lipinski definition) is 5. The number of aliphatic hydroxyl groups is 1. The van der Waals surface area contributed by atoms with Gasteiger partial charge in [0.2, 0.25) is 5.91 Å². The van der Waals surface area contributed by atoms with E-state index < -0.39 is 6.10 Å². The number of ether oxygens (including phenoxy) is 1. The molecule has 0 radical (unpaired) electrons. The van der Waals surface area contributed by atoms with Gasteiger partial charge >= 0.3 is 0 Å². The van der Waals surface area contributed by atoms with Crippen molar-refractivity contribution in [3.8, 4) is 5.75 Å². The van der Waals surface area contributed by atoms with Crippen molar-refractivity contribution in [1.29, 1.82) is 0 Å². The van der Waals surface area contributed by atoms with E-state index in [1.165, 1.54) is 0 Å². The minimum absolute atomic E-state index is 0. The zero-order chi connectivity index (χ0) is 17.5. The highest BCUT2D eigenvalue weighted by molar-refractivity contribution is 5.85. The van der Waals surface area contributed by atoms with Crippen molar-refractivity contribution in [3.05, 3.63) is 30.3 Å². The maximum absolute atomic E-state index is 12.6. The highest BCUT2D eigenvalue weighted by atomic mass is 35.5. The molecule has 2 heterocycles. The highest BCUT2D eigenvalue weighted by Crippen LogP contribution is 2.16. The number of carbonyl (C=O) groups excluding carboxylic acids is 1. The van der Waals surface area contributed by atoms with E-state index in [9.17, 15) is 9.90 Å². The highest BCUT2D eigenvalue weighted by Gasteiger charge is 2.28. The number of β-amino-alcohol motifs (C(OH)–C–C–N with tert-alkyl or cyclic N) is 1. The first-order chi connectivity index (χ1) is 12.2. The van der Waals surface area contributed by atoms with Crippen LogP contribution in [0.2, 0.25) is 0 Å². The summed E-state index contributed by atoms with van der Waals surface area (Å²) in [5, 5.41) is 13.5. The monoisotopic (exact) mass is 383 g/mol. The zero-order valence-corrected chi connectivity index (χ0v) is 16.0. The molecule has 1 amide bonds. The Balaban J connectivity index is 0.00000243. The lowest BCUT2D eigenvalue weighted by molar-refractivity contribution is -0.138. The van der Waals surface area contributed by atoms with Gasteiger partial charge in [-0.25, -0.2) is 0 Å². The Morgan fingerprint density at radius 2 is 1.81 bits per heavy atom. The Kier molecular flexibility index (Phi) is 8.65. The van der Waals surface area contributed by atoms with Gasteiger partial charge in [-0.05, 0) is 38.1 Å². The first-order valence-corrected chi connectivity index (χ1v) is 9.30. The maximum atomic E-state index is 12.6. The molecular formula is C19H30ClN3O3. The maximum Gasteiger partial charge on any atom is 0.225 e. The molecule has 2 N–H and O–H groups in total. The quantitative estimate of drug-likeness (QED) is 0.767. The fraction of sp³-hybridized carbons (Fsp3) is 0.632. The molecule has 6 nitrogen and oxygen atoms in total. The molecule has 1 aromatic rings. The third kappa shape index (κ3) is 6.13. The topological polar surface area (TPSA) is 65.0 Å². The van der Waals surface area contributed by atoms with E-state index >= 15 is 0 Å². The first kappa shape index (κ1) is 21.0. The van der Waals surface area contributed by atoms with E-state index in [1.54, 1.807) is 0 Å². The average molecular weight is 384 g/mol. The molecule has 2 aliphatic heterocycles. The summed E-state index contributed by atoms with van der Waals surface area (Å²) in [5.74, 6) is 1.28. The van der Waals surface area contributed by atoms with Gasteiger partial charge in [0, 0.05) is 38.6 Å². The van der Waals surface area contributed by atoms with Crippen molar-refractivity contribution in [1.82, 2.24) is 15.1 Å². The molecule has 0 bridgehead atoms. The van der Waals surface area contributed by atoms with Gasteiger partial charge < -0.3 is 20.1 Å². The number of para-hydroxylation sites is 1. The van der Waals surface area contributed by atoms with Gasteiger partial charge in [0.05, 0.1) is 0 Å². The van der Waals surface area contributed by atoms with E-state index in [4.69, 9.17) is 4.74 Å². The largest absolute Gasteiger partial charge is 0.491 e. The van der Waals surface area contributed by atoms with Crippen molar-refractivity contribution in [2.24, 2.45) is 5.92 Å². The van der Waals surface area contributed by atoms with Gasteiger partial charge in [0.25, 0.3) is 0 Å². The van der Waals surface area contributed by atoms with Crippen molar-refractivity contribution in [2.75, 3.05) is 52.4 Å². The summed E-state index contributed by atoms with van der Waals surface area (Å²) < 4.78 is 5.60. The number of nitrogens with one attached hydrogen (secondary N) is 1. The van der Waals surface area contributed by atoms with Crippen LogP contribution in [-0.2, 0) is 4.79 Å². The third-order valence-electron chi connectivity index (χ3n) is 5.03. The minimum atomic E-state index is -0.521. The molecule has 26 heavy (non-hydrogen) atoms. The summed E-state index contributed by atoms with van der Waals surface area (Å²) in [7, 11) is 0. The van der Waals surface area contributed by atoms with Crippen LogP contribution in [0.4, 0.5) is 0 Å². The van der Waals surface area contributed by atoms with Crippen LogP contribution in [0.1, 0.15) is 12.8 Å². The second kappa shape index (κ2) is 10.7. The number of rotatable bonds is 6. The van der Waals surface area contributed by atoms with Crippen molar-refractivity contribution >= 4 is 18.3 Å². The molecule has 2 aliphatic rings. The smallest absolute Gasteiger partial charge is 0.225 e. The number of amides is 1. The van der Waals surface area contributed by atoms with Crippen molar-refractivity contribution < 1.29 is 14.6 Å². The SMILES string of the molecule is Cl.O=C(C1CCNCC1)N1CCN(CC(O)COc2ccccc2)CC1. The lowest BCUT2D eigenvalue weighted by Gasteiger charge is -2.37. The fourth-order valence-electron chi connectivity index (χ4n) is 3.54. The number of piperazine rings is 1. The number of halogens is 1. The summed E-state index contributed by atoms with van der Waals surface area (Å²) in [5.41, 5.74) is 0. The van der Waals surface area contributed by atoms with Gasteiger partial charge in [-0.2, -0.15) is 0 Å². The standard InChI is InChI=1S/C19H29N3O3.ClH/c23-17(15-25-18-4-2-1-3-5-18)14-21-10-12-22(13-11-21)19(24)16-6-8-20-9-7-16;/h1-5,16-17,20,23H,6-15H2;1H. The number of aliphatic hydroxyl groups excluding tert-OH is 1. The molecule has 0 spiro atoms. The van der Waals surface area contributed by atoms with E-state index in [0.29, 0.717) is 12.5 Å². The van der Waals surface area contributed by atoms with Gasteiger partial charge in [-0.3, -0.25) is 9.69 Å². The molecule has 0 aromatic heterocycles. The number of piperidine rings is 1. The molecule has 1 atom stereocenters. The first-order valence-electron chi connectivity index (χ1n) is 9.30. The van der Waals surface area contributed by atoms with Crippen LogP contribution in [0.3, 0.4) is 0 Å². The molecule has 146 valence electrons. The molecular weight excluding hydrogens is 354 g/mol. The molecule has 7 heteroatoms. The van der Waals surface area contributed by atoms with Gasteiger partial charge in [0.15, 0.2) is 0 Å². The Labute approximate surface area is 161 Å². The van der Waals surface area contributed by atoms with Gasteiger partial charge in [0.1, 0.15) is 18.5 Å². The van der Waals surface area contributed by atoms with Gasteiger partial charge in [-0.15, -0.1) is 12.4 Å². The number of carbonyl (C=O) groups is 1. The van der Waals surface area contributed by atoms with Crippen molar-refractivity contribution in [2.45, 2.75) is 18.9 Å². The predicted octanol–water partition coefficient (Wildman–Crippen LogP) is 0.992. The van der Waals surface area contributed by atoms with Crippen LogP contribution in [0.25, 0.3) is 0 Å². The van der Waals surface area contributed by atoms with Crippen LogP contribution in [0.15, 0.2) is 30.3 Å². The molecule has 1 aromatic carbocycles. The molecule has 2 saturated heterocycles. The number of hydrogen-bond donors (Lipinski definition) is 2. The zero-order valence-electron chi connectivity index (χ0n) is 15.2. The summed E-state index contributed by atoms with van der Waals surface area (Å²) in [6, 6.07) is 9.55. The fourth-order valence-corrected chi connectivity index (χ4v) is 3.54. The lowest BCUT2D eigenvalue weighted by Crippen LogP contribution is -2.53. The third-order valence-corrected chi connectivity index (χ3v) is 5.03. The Morgan fingerprint density at radius 1 is 1.15 bits per heavy atom. The normalized spacial score (nSPS) is 20.3. The second-order valence-corrected chi connectivity index (χ2v) is 6.93. The van der Waals surface area contributed by atoms with E-state index in [2.05, 4.69) is 10.2 Å². The lowest BCUT2D eigenvalue weighted by atomic mass is 9.96. The summed E-state index contributed by atoms with van der Waals surface area (Å²) >= 11 is 0. The molecule has 3 rings (SSSR count). The van der Waals surface area contributed by atoms with E-state index in [1.807, 2.05) is 35.2 Å². The Morgan fingerprint density at radius 3 is 2.46 bits per heavy atom. The molecule has 0 aliphatic carbocycles. The predicted molar refractivity (Wildman–Crippen MR) is 104 cm³/mol. The van der Waals surface area contributed by atoms with Crippen LogP contribution in [0, 0.1) is 5.92 Å². The van der Waals surface area contributed by atoms with Crippen LogP contribution in [-0.4, -0.2) is 79.3 Å². The summed E-state index contributed by atoms with van der Waals surface area (Å²) in [4.78, 5) is 16.8. The van der Waals surface area contributed by atoms with Gasteiger partial charge in [-0.1, -0.05) is 18.2 Å². The Bertz CT molecular complexity index is 532. The van der Waals surface area contributed by atoms with Crippen LogP contribution < -0.4 is 10.1 Å². The molecule has 0 saturated carbocycles. The summed E-state index contributed by atoms with van der Waals surface area (Å²) in [6.45, 7) is 5.93. The summed E-state index contributed by atoms with van der Waals surface area (Å²) in [6.07, 6.45) is 1.38.